The fourth-order valence-electron chi connectivity index (χ4n) is 4.35. The maximum absolute atomic E-state index is 13.3. The number of ketones is 1. The van der Waals surface area contributed by atoms with Crippen LogP contribution in [0.15, 0.2) is 60.7 Å². The minimum absolute atomic E-state index is 0.111. The highest BCUT2D eigenvalue weighted by Gasteiger charge is 2.30. The van der Waals surface area contributed by atoms with Gasteiger partial charge in [-0.15, -0.1) is 0 Å². The van der Waals surface area contributed by atoms with E-state index in [4.69, 9.17) is 5.11 Å². The van der Waals surface area contributed by atoms with E-state index in [-0.39, 0.29) is 12.2 Å². The Kier molecular flexibility index (Phi) is 5.61. The molecule has 1 N–H and O–H groups in total. The number of unbranched alkanes of at least 4 members (excludes halogenated alkanes) is 1. The van der Waals surface area contributed by atoms with Crippen molar-refractivity contribution in [2.75, 3.05) is 0 Å². The number of carboxylic acid groups (broad SMARTS) is 1. The number of carboxylic acids is 1. The highest BCUT2D eigenvalue weighted by molar-refractivity contribution is 6.06. The second kappa shape index (κ2) is 8.48. The Morgan fingerprint density at radius 3 is 2.03 bits per heavy atom. The van der Waals surface area contributed by atoms with E-state index >= 15 is 0 Å². The molecule has 1 aromatic heterocycles. The van der Waals surface area contributed by atoms with Gasteiger partial charge in [-0.2, -0.15) is 0 Å². The van der Waals surface area contributed by atoms with Gasteiger partial charge in [0.2, 0.25) is 0 Å². The molecule has 2 heterocycles. The monoisotopic (exact) mass is 387 g/mol. The van der Waals surface area contributed by atoms with E-state index in [9.17, 15) is 9.59 Å². The number of rotatable bonds is 8. The summed E-state index contributed by atoms with van der Waals surface area (Å²) in [6.07, 6.45) is 3.63. The molecule has 0 saturated heterocycles. The van der Waals surface area contributed by atoms with Crippen molar-refractivity contribution in [2.45, 2.75) is 45.1 Å². The van der Waals surface area contributed by atoms with E-state index in [1.165, 1.54) is 11.3 Å². The first-order valence-electron chi connectivity index (χ1n) is 10.3. The molecule has 0 aliphatic carbocycles. The largest absolute Gasteiger partial charge is 0.481 e. The molecule has 0 radical (unpaired) electrons. The summed E-state index contributed by atoms with van der Waals surface area (Å²) in [5.74, 6) is -0.697. The van der Waals surface area contributed by atoms with Crippen molar-refractivity contribution in [3.63, 3.8) is 0 Å². The molecule has 0 bridgehead atoms. The number of aliphatic carboxylic acids is 1. The van der Waals surface area contributed by atoms with Gasteiger partial charge in [0.15, 0.2) is 5.78 Å². The highest BCUT2D eigenvalue weighted by Crippen LogP contribution is 2.43. The summed E-state index contributed by atoms with van der Waals surface area (Å²) in [6.45, 7) is 0.859. The molecule has 3 aromatic rings. The fourth-order valence-corrected chi connectivity index (χ4v) is 4.35. The lowest BCUT2D eigenvalue weighted by Crippen LogP contribution is -2.09. The molecule has 4 heteroatoms. The molecule has 29 heavy (non-hydrogen) atoms. The van der Waals surface area contributed by atoms with E-state index < -0.39 is 5.97 Å². The lowest BCUT2D eigenvalue weighted by atomic mass is 9.92. The molecule has 0 fully saturated rings. The third kappa shape index (κ3) is 3.88. The van der Waals surface area contributed by atoms with Crippen molar-refractivity contribution >= 4 is 11.8 Å². The number of fused-ring (bicyclic) bond motifs is 1. The smallest absolute Gasteiger partial charge is 0.303 e. The van der Waals surface area contributed by atoms with Gasteiger partial charge in [-0.05, 0) is 36.8 Å². The van der Waals surface area contributed by atoms with Gasteiger partial charge >= 0.3 is 5.97 Å². The number of carbonyl (C=O) groups is 2. The second-order valence-electron chi connectivity index (χ2n) is 7.56. The number of aromatic nitrogens is 1. The highest BCUT2D eigenvalue weighted by atomic mass is 16.4. The first kappa shape index (κ1) is 19.2. The third-order valence-corrected chi connectivity index (χ3v) is 5.60. The van der Waals surface area contributed by atoms with Gasteiger partial charge in [0.1, 0.15) is 0 Å². The molecule has 0 atom stereocenters. The van der Waals surface area contributed by atoms with Gasteiger partial charge in [0.05, 0.1) is 5.69 Å². The van der Waals surface area contributed by atoms with Gasteiger partial charge < -0.3 is 9.67 Å². The zero-order chi connectivity index (χ0) is 20.2. The molecule has 0 spiro atoms. The van der Waals surface area contributed by atoms with Crippen molar-refractivity contribution < 1.29 is 14.7 Å². The predicted molar refractivity (Wildman–Crippen MR) is 114 cm³/mol. The summed E-state index contributed by atoms with van der Waals surface area (Å²) in [5.41, 5.74) is 6.42. The molecule has 148 valence electrons. The Morgan fingerprint density at radius 2 is 1.41 bits per heavy atom. The molecule has 0 saturated carbocycles. The van der Waals surface area contributed by atoms with Crippen LogP contribution in [-0.2, 0) is 17.8 Å². The van der Waals surface area contributed by atoms with Crippen LogP contribution in [0.5, 0.6) is 0 Å². The van der Waals surface area contributed by atoms with Gasteiger partial charge in [0.25, 0.3) is 0 Å². The molecule has 1 aliphatic rings. The Bertz CT molecular complexity index is 1020. The van der Waals surface area contributed by atoms with Crippen LogP contribution in [0.2, 0.25) is 0 Å². The van der Waals surface area contributed by atoms with Crippen molar-refractivity contribution in [3.05, 3.63) is 72.1 Å². The molecule has 0 amide bonds. The average Bonchev–Trinajstić information content (AvgIpc) is 3.32. The Hall–Kier alpha value is -3.14. The third-order valence-electron chi connectivity index (χ3n) is 5.60. The van der Waals surface area contributed by atoms with E-state index in [0.29, 0.717) is 19.3 Å². The zero-order valence-electron chi connectivity index (χ0n) is 16.4. The Balaban J connectivity index is 1.80. The van der Waals surface area contributed by atoms with E-state index in [2.05, 4.69) is 28.8 Å². The quantitative estimate of drug-likeness (QED) is 0.404. The maximum Gasteiger partial charge on any atom is 0.303 e. The van der Waals surface area contributed by atoms with Gasteiger partial charge in [-0.3, -0.25) is 9.59 Å². The van der Waals surface area contributed by atoms with E-state index in [1.807, 2.05) is 36.4 Å². The first-order chi connectivity index (χ1) is 14.2. The number of hydrogen-bond acceptors (Lipinski definition) is 2. The SMILES string of the molecule is O=C(O)CCCCC(=O)c1c(-c2ccccc2)c(-c2ccccc2)c2n1CCC2. The minimum Gasteiger partial charge on any atom is -0.481 e. The lowest BCUT2D eigenvalue weighted by Gasteiger charge is -2.11. The number of nitrogens with zero attached hydrogens (tertiary/aromatic N) is 1. The summed E-state index contributed by atoms with van der Waals surface area (Å²) < 4.78 is 2.21. The van der Waals surface area contributed by atoms with Crippen LogP contribution in [0.1, 0.15) is 48.3 Å². The molecule has 4 rings (SSSR count). The number of Topliss-reactive ketones (excluding diaryl/α,β-unsaturated/α-hetero) is 1. The minimum atomic E-state index is -0.808. The number of carbonyl (C=O) groups excluding carboxylic acids is 1. The van der Waals surface area contributed by atoms with Crippen molar-refractivity contribution in [3.8, 4) is 22.3 Å². The van der Waals surface area contributed by atoms with Crippen LogP contribution < -0.4 is 0 Å². The molecule has 2 aromatic carbocycles. The van der Waals surface area contributed by atoms with Crippen LogP contribution in [0, 0.1) is 0 Å². The van der Waals surface area contributed by atoms with Crippen LogP contribution in [0.3, 0.4) is 0 Å². The van der Waals surface area contributed by atoms with Crippen LogP contribution >= 0.6 is 0 Å². The lowest BCUT2D eigenvalue weighted by molar-refractivity contribution is -0.137. The summed E-state index contributed by atoms with van der Waals surface area (Å²) in [4.78, 5) is 24.1. The first-order valence-corrected chi connectivity index (χ1v) is 10.3. The van der Waals surface area contributed by atoms with Crippen molar-refractivity contribution in [2.24, 2.45) is 0 Å². The summed E-state index contributed by atoms with van der Waals surface area (Å²) in [7, 11) is 0. The molecule has 1 aliphatic heterocycles. The Labute approximate surface area is 170 Å². The normalized spacial score (nSPS) is 12.7. The predicted octanol–water partition coefficient (Wildman–Crippen LogP) is 5.60. The van der Waals surface area contributed by atoms with Crippen LogP contribution in [0.4, 0.5) is 0 Å². The molecule has 0 unspecified atom stereocenters. The molecular weight excluding hydrogens is 362 g/mol. The van der Waals surface area contributed by atoms with Crippen LogP contribution in [-0.4, -0.2) is 21.4 Å². The average molecular weight is 387 g/mol. The molecular formula is C25H25NO3. The summed E-state index contributed by atoms with van der Waals surface area (Å²) >= 11 is 0. The summed E-state index contributed by atoms with van der Waals surface area (Å²) in [5, 5.41) is 8.86. The summed E-state index contributed by atoms with van der Waals surface area (Å²) in [6, 6.07) is 20.5. The van der Waals surface area contributed by atoms with Gasteiger partial charge in [-0.25, -0.2) is 0 Å². The maximum atomic E-state index is 13.3. The fraction of sp³-hybridized carbons (Fsp3) is 0.280. The van der Waals surface area contributed by atoms with E-state index in [0.717, 1.165) is 41.8 Å². The van der Waals surface area contributed by atoms with Crippen molar-refractivity contribution in [1.29, 1.82) is 0 Å². The Morgan fingerprint density at radius 1 is 0.828 bits per heavy atom. The standard InChI is InChI=1S/C25H25NO3/c27-21(15-7-8-16-22(28)29)25-24(19-12-5-2-6-13-19)23(18-10-3-1-4-11-18)20-14-9-17-26(20)25/h1-6,10-13H,7-9,14-17H2,(H,28,29). The van der Waals surface area contributed by atoms with Gasteiger partial charge in [0, 0.05) is 36.2 Å². The second-order valence-corrected chi connectivity index (χ2v) is 7.56. The number of benzene rings is 2. The van der Waals surface area contributed by atoms with E-state index in [1.54, 1.807) is 0 Å². The zero-order valence-corrected chi connectivity index (χ0v) is 16.4. The van der Waals surface area contributed by atoms with Crippen LogP contribution in [0.25, 0.3) is 22.3 Å². The van der Waals surface area contributed by atoms with Gasteiger partial charge in [-0.1, -0.05) is 60.7 Å². The van der Waals surface area contributed by atoms with Crippen molar-refractivity contribution in [1.82, 2.24) is 4.57 Å². The number of hydrogen-bond donors (Lipinski definition) is 1. The molecule has 4 nitrogen and oxygen atoms in total. The topological polar surface area (TPSA) is 59.3 Å².